The van der Waals surface area contributed by atoms with Crippen molar-refractivity contribution in [1.82, 2.24) is 9.55 Å². The standard InChI is InChI=1S/C16H16ClN3/c1-11(9-12-5-3-2-4-6-12)20-15-8-7-13(17)10-14(15)19-16(20)18/h2-8,10-11H,9H2,1H3,(H2,18,19). The van der Waals surface area contributed by atoms with Gasteiger partial charge in [0.25, 0.3) is 0 Å². The number of anilines is 1. The van der Waals surface area contributed by atoms with Crippen LogP contribution in [0.4, 0.5) is 5.95 Å². The highest BCUT2D eigenvalue weighted by Gasteiger charge is 2.14. The largest absolute Gasteiger partial charge is 0.369 e. The minimum absolute atomic E-state index is 0.239. The summed E-state index contributed by atoms with van der Waals surface area (Å²) in [5.74, 6) is 0.533. The zero-order chi connectivity index (χ0) is 14.1. The summed E-state index contributed by atoms with van der Waals surface area (Å²) >= 11 is 6.00. The van der Waals surface area contributed by atoms with Gasteiger partial charge in [-0.1, -0.05) is 41.9 Å². The topological polar surface area (TPSA) is 43.8 Å². The van der Waals surface area contributed by atoms with Crippen molar-refractivity contribution in [3.05, 3.63) is 59.1 Å². The number of nitrogen functional groups attached to an aromatic ring is 1. The van der Waals surface area contributed by atoms with Crippen LogP contribution in [-0.4, -0.2) is 9.55 Å². The van der Waals surface area contributed by atoms with Crippen LogP contribution >= 0.6 is 11.6 Å². The Kier molecular flexibility index (Phi) is 3.36. The molecule has 102 valence electrons. The predicted molar refractivity (Wildman–Crippen MR) is 84.0 cm³/mol. The lowest BCUT2D eigenvalue weighted by Crippen LogP contribution is -2.11. The van der Waals surface area contributed by atoms with Crippen molar-refractivity contribution in [3.8, 4) is 0 Å². The van der Waals surface area contributed by atoms with Crippen molar-refractivity contribution in [2.75, 3.05) is 5.73 Å². The Hall–Kier alpha value is -2.00. The Morgan fingerprint density at radius 3 is 2.70 bits per heavy atom. The van der Waals surface area contributed by atoms with Crippen LogP contribution in [-0.2, 0) is 6.42 Å². The summed E-state index contributed by atoms with van der Waals surface area (Å²) in [6.45, 7) is 2.15. The van der Waals surface area contributed by atoms with E-state index in [4.69, 9.17) is 17.3 Å². The van der Waals surface area contributed by atoms with Crippen LogP contribution in [0.3, 0.4) is 0 Å². The van der Waals surface area contributed by atoms with Crippen LogP contribution in [0.15, 0.2) is 48.5 Å². The third-order valence-electron chi connectivity index (χ3n) is 3.49. The van der Waals surface area contributed by atoms with E-state index in [0.717, 1.165) is 17.5 Å². The predicted octanol–water partition coefficient (Wildman–Crippen LogP) is 4.08. The molecule has 0 bridgehead atoms. The normalized spacial score (nSPS) is 12.7. The van der Waals surface area contributed by atoms with Gasteiger partial charge in [-0.3, -0.25) is 0 Å². The second kappa shape index (κ2) is 5.17. The van der Waals surface area contributed by atoms with Gasteiger partial charge in [0.15, 0.2) is 0 Å². The molecule has 0 radical (unpaired) electrons. The van der Waals surface area contributed by atoms with Gasteiger partial charge in [-0.25, -0.2) is 4.98 Å². The van der Waals surface area contributed by atoms with E-state index >= 15 is 0 Å². The first-order valence-corrected chi connectivity index (χ1v) is 7.00. The van der Waals surface area contributed by atoms with E-state index in [-0.39, 0.29) is 6.04 Å². The first-order chi connectivity index (χ1) is 9.65. The van der Waals surface area contributed by atoms with Gasteiger partial charge in [-0.2, -0.15) is 0 Å². The fourth-order valence-corrected chi connectivity index (χ4v) is 2.77. The lowest BCUT2D eigenvalue weighted by atomic mass is 10.1. The van der Waals surface area contributed by atoms with E-state index in [0.29, 0.717) is 11.0 Å². The maximum Gasteiger partial charge on any atom is 0.201 e. The van der Waals surface area contributed by atoms with Gasteiger partial charge in [0.2, 0.25) is 5.95 Å². The molecule has 0 amide bonds. The zero-order valence-electron chi connectivity index (χ0n) is 11.3. The number of hydrogen-bond acceptors (Lipinski definition) is 2. The van der Waals surface area contributed by atoms with E-state index in [1.165, 1.54) is 5.56 Å². The van der Waals surface area contributed by atoms with E-state index in [2.05, 4.69) is 40.7 Å². The number of imidazole rings is 1. The average molecular weight is 286 g/mol. The van der Waals surface area contributed by atoms with Crippen LogP contribution < -0.4 is 5.73 Å². The third-order valence-corrected chi connectivity index (χ3v) is 3.73. The highest BCUT2D eigenvalue weighted by molar-refractivity contribution is 6.31. The zero-order valence-corrected chi connectivity index (χ0v) is 12.0. The molecule has 1 heterocycles. The number of aromatic nitrogens is 2. The minimum atomic E-state index is 0.239. The first kappa shape index (κ1) is 13.0. The molecule has 0 aliphatic rings. The van der Waals surface area contributed by atoms with Crippen LogP contribution in [0.25, 0.3) is 11.0 Å². The number of fused-ring (bicyclic) bond motifs is 1. The molecule has 2 N–H and O–H groups in total. The molecule has 2 aromatic carbocycles. The molecule has 0 aliphatic heterocycles. The third kappa shape index (κ3) is 2.37. The Bertz CT molecular complexity index is 734. The fourth-order valence-electron chi connectivity index (χ4n) is 2.60. The van der Waals surface area contributed by atoms with Gasteiger partial charge in [0.05, 0.1) is 11.0 Å². The van der Waals surface area contributed by atoms with Crippen LogP contribution in [0.1, 0.15) is 18.5 Å². The van der Waals surface area contributed by atoms with E-state index in [9.17, 15) is 0 Å². The van der Waals surface area contributed by atoms with Crippen molar-refractivity contribution in [2.45, 2.75) is 19.4 Å². The number of benzene rings is 2. The van der Waals surface area contributed by atoms with Crippen LogP contribution in [0.5, 0.6) is 0 Å². The van der Waals surface area contributed by atoms with Crippen molar-refractivity contribution >= 4 is 28.6 Å². The minimum Gasteiger partial charge on any atom is -0.369 e. The summed E-state index contributed by atoms with van der Waals surface area (Å²) < 4.78 is 2.07. The van der Waals surface area contributed by atoms with E-state index in [1.807, 2.05) is 24.3 Å². The summed E-state index contributed by atoms with van der Waals surface area (Å²) in [4.78, 5) is 4.39. The lowest BCUT2D eigenvalue weighted by Gasteiger charge is -2.16. The molecule has 3 rings (SSSR count). The molecule has 4 heteroatoms. The molecule has 0 spiro atoms. The molecule has 0 saturated carbocycles. The van der Waals surface area contributed by atoms with Crippen LogP contribution in [0.2, 0.25) is 5.02 Å². The second-order valence-corrected chi connectivity index (χ2v) is 5.45. The van der Waals surface area contributed by atoms with Gasteiger partial charge < -0.3 is 10.3 Å². The van der Waals surface area contributed by atoms with Gasteiger partial charge in [-0.05, 0) is 37.1 Å². The Morgan fingerprint density at radius 1 is 1.20 bits per heavy atom. The smallest absolute Gasteiger partial charge is 0.201 e. The maximum atomic E-state index is 6.07. The fraction of sp³-hybridized carbons (Fsp3) is 0.188. The van der Waals surface area contributed by atoms with Crippen molar-refractivity contribution < 1.29 is 0 Å². The monoisotopic (exact) mass is 285 g/mol. The van der Waals surface area contributed by atoms with Gasteiger partial charge >= 0.3 is 0 Å². The van der Waals surface area contributed by atoms with Gasteiger partial charge in [-0.15, -0.1) is 0 Å². The molecule has 20 heavy (non-hydrogen) atoms. The Balaban J connectivity index is 1.99. The molecule has 0 fully saturated rings. The van der Waals surface area contributed by atoms with E-state index in [1.54, 1.807) is 0 Å². The average Bonchev–Trinajstić information content (AvgIpc) is 2.74. The lowest BCUT2D eigenvalue weighted by molar-refractivity contribution is 0.567. The summed E-state index contributed by atoms with van der Waals surface area (Å²) in [6, 6.07) is 16.3. The maximum absolute atomic E-state index is 6.07. The first-order valence-electron chi connectivity index (χ1n) is 6.62. The van der Waals surface area contributed by atoms with Gasteiger partial charge in [0, 0.05) is 11.1 Å². The quantitative estimate of drug-likeness (QED) is 0.788. The number of hydrogen-bond donors (Lipinski definition) is 1. The Morgan fingerprint density at radius 2 is 1.95 bits per heavy atom. The molecule has 1 atom stereocenters. The molecule has 0 aliphatic carbocycles. The molecular weight excluding hydrogens is 270 g/mol. The molecular formula is C16H16ClN3. The summed E-state index contributed by atoms with van der Waals surface area (Å²) in [5, 5.41) is 0.679. The number of halogens is 1. The van der Waals surface area contributed by atoms with E-state index < -0.39 is 0 Å². The van der Waals surface area contributed by atoms with Crippen molar-refractivity contribution in [3.63, 3.8) is 0 Å². The highest BCUT2D eigenvalue weighted by Crippen LogP contribution is 2.26. The SMILES string of the molecule is CC(Cc1ccccc1)n1c(N)nc2cc(Cl)ccc21. The molecule has 0 saturated heterocycles. The molecule has 3 nitrogen and oxygen atoms in total. The van der Waals surface area contributed by atoms with Crippen molar-refractivity contribution in [1.29, 1.82) is 0 Å². The van der Waals surface area contributed by atoms with Crippen LogP contribution in [0, 0.1) is 0 Å². The summed E-state index contributed by atoms with van der Waals surface area (Å²) in [5.41, 5.74) is 9.22. The number of nitrogens with zero attached hydrogens (tertiary/aromatic N) is 2. The summed E-state index contributed by atoms with van der Waals surface area (Å²) in [7, 11) is 0. The van der Waals surface area contributed by atoms with Gasteiger partial charge in [0.1, 0.15) is 0 Å². The Labute approximate surface area is 123 Å². The molecule has 1 aromatic heterocycles. The highest BCUT2D eigenvalue weighted by atomic mass is 35.5. The number of nitrogens with two attached hydrogens (primary N) is 1. The second-order valence-electron chi connectivity index (χ2n) is 5.01. The number of rotatable bonds is 3. The molecule has 1 unspecified atom stereocenters. The van der Waals surface area contributed by atoms with Crippen molar-refractivity contribution in [2.24, 2.45) is 0 Å². The molecule has 3 aromatic rings. The summed E-state index contributed by atoms with van der Waals surface area (Å²) in [6.07, 6.45) is 0.916.